The lowest BCUT2D eigenvalue weighted by Crippen LogP contribution is -1.96. The number of nitrogens with two attached hydrogens (primary N) is 1. The largest absolute Gasteiger partial charge is 0.493 e. The van der Waals surface area contributed by atoms with Crippen LogP contribution in [0.2, 0.25) is 0 Å². The predicted molar refractivity (Wildman–Crippen MR) is 48.5 cm³/mol. The average Bonchev–Trinajstić information content (AvgIpc) is 2.63. The Balaban J connectivity index is 2.70. The molecule has 1 aromatic heterocycles. The van der Waals surface area contributed by atoms with Gasteiger partial charge in [-0.15, -0.1) is 0 Å². The van der Waals surface area contributed by atoms with E-state index in [1.54, 1.807) is 13.3 Å². The van der Waals surface area contributed by atoms with Crippen LogP contribution in [0.25, 0.3) is 11.0 Å². The van der Waals surface area contributed by atoms with Gasteiger partial charge >= 0.3 is 0 Å². The zero-order chi connectivity index (χ0) is 9.26. The normalized spacial score (nSPS) is 10.6. The molecule has 2 N–H and O–H groups in total. The number of methoxy groups -OCH3 is 1. The third kappa shape index (κ3) is 1.25. The summed E-state index contributed by atoms with van der Waals surface area (Å²) >= 11 is 0. The third-order valence-corrected chi connectivity index (χ3v) is 1.93. The van der Waals surface area contributed by atoms with E-state index in [0.717, 1.165) is 10.9 Å². The fourth-order valence-corrected chi connectivity index (χ4v) is 1.28. The van der Waals surface area contributed by atoms with E-state index < -0.39 is 0 Å². The topological polar surface area (TPSA) is 61.3 Å². The fourth-order valence-electron chi connectivity index (χ4n) is 1.28. The van der Waals surface area contributed by atoms with Gasteiger partial charge in [0.15, 0.2) is 5.75 Å². The van der Waals surface area contributed by atoms with Gasteiger partial charge in [0, 0.05) is 11.9 Å². The first-order valence-electron chi connectivity index (χ1n) is 3.96. The molecular weight excluding hydrogens is 168 g/mol. The molecule has 0 atom stereocenters. The van der Waals surface area contributed by atoms with Crippen molar-refractivity contribution in [3.05, 3.63) is 23.9 Å². The minimum Gasteiger partial charge on any atom is -0.493 e. The molecule has 0 aliphatic heterocycles. The van der Waals surface area contributed by atoms with E-state index in [1.807, 2.05) is 12.1 Å². The average molecular weight is 178 g/mol. The van der Waals surface area contributed by atoms with E-state index in [9.17, 15) is 0 Å². The molecule has 0 aliphatic carbocycles. The van der Waals surface area contributed by atoms with Crippen molar-refractivity contribution < 1.29 is 9.26 Å². The lowest BCUT2D eigenvalue weighted by atomic mass is 10.1. The molecule has 68 valence electrons. The maximum Gasteiger partial charge on any atom is 0.208 e. The van der Waals surface area contributed by atoms with Crippen molar-refractivity contribution in [1.29, 1.82) is 0 Å². The Labute approximate surface area is 75.3 Å². The Kier molecular flexibility index (Phi) is 1.90. The Hall–Kier alpha value is -1.55. The van der Waals surface area contributed by atoms with Crippen molar-refractivity contribution in [1.82, 2.24) is 5.16 Å². The molecule has 0 amide bonds. The second-order valence-corrected chi connectivity index (χ2v) is 2.75. The van der Waals surface area contributed by atoms with Gasteiger partial charge in [0.25, 0.3) is 0 Å². The number of fused-ring (bicyclic) bond motifs is 1. The van der Waals surface area contributed by atoms with Gasteiger partial charge in [-0.25, -0.2) is 0 Å². The van der Waals surface area contributed by atoms with Crippen molar-refractivity contribution in [2.24, 2.45) is 5.73 Å². The van der Waals surface area contributed by atoms with Gasteiger partial charge in [-0.2, -0.15) is 0 Å². The van der Waals surface area contributed by atoms with Crippen LogP contribution >= 0.6 is 0 Å². The Bertz CT molecular complexity index is 422. The summed E-state index contributed by atoms with van der Waals surface area (Å²) < 4.78 is 10.2. The van der Waals surface area contributed by atoms with Crippen LogP contribution in [0, 0.1) is 0 Å². The highest BCUT2D eigenvalue weighted by atomic mass is 16.5. The van der Waals surface area contributed by atoms with E-state index in [2.05, 4.69) is 5.16 Å². The zero-order valence-corrected chi connectivity index (χ0v) is 7.28. The number of hydrogen-bond donors (Lipinski definition) is 1. The molecular formula is C9H10N2O2. The van der Waals surface area contributed by atoms with Gasteiger partial charge in [0.1, 0.15) is 0 Å². The number of rotatable bonds is 2. The number of hydrogen-bond acceptors (Lipinski definition) is 4. The van der Waals surface area contributed by atoms with Crippen molar-refractivity contribution in [3.63, 3.8) is 0 Å². The first kappa shape index (κ1) is 8.07. The van der Waals surface area contributed by atoms with Crippen LogP contribution in [-0.2, 0) is 6.54 Å². The summed E-state index contributed by atoms with van der Waals surface area (Å²) in [4.78, 5) is 0. The van der Waals surface area contributed by atoms with Gasteiger partial charge in [-0.3, -0.25) is 0 Å². The van der Waals surface area contributed by atoms with Gasteiger partial charge in [0.2, 0.25) is 5.58 Å². The molecule has 0 spiro atoms. The summed E-state index contributed by atoms with van der Waals surface area (Å²) in [6, 6.07) is 3.79. The molecule has 1 heterocycles. The van der Waals surface area contributed by atoms with Gasteiger partial charge in [-0.05, 0) is 17.7 Å². The molecule has 0 radical (unpaired) electrons. The number of nitrogens with zero attached hydrogens (tertiary/aromatic N) is 1. The summed E-state index contributed by atoms with van der Waals surface area (Å²) in [6.45, 7) is 0.484. The van der Waals surface area contributed by atoms with Crippen molar-refractivity contribution in [2.75, 3.05) is 7.11 Å². The summed E-state index contributed by atoms with van der Waals surface area (Å²) in [5, 5.41) is 4.61. The molecule has 0 saturated carbocycles. The number of ether oxygens (including phenoxy) is 1. The van der Waals surface area contributed by atoms with Gasteiger partial charge in [-0.1, -0.05) is 5.16 Å². The van der Waals surface area contributed by atoms with E-state index in [4.69, 9.17) is 15.0 Å². The van der Waals surface area contributed by atoms with E-state index in [1.165, 1.54) is 0 Å². The van der Waals surface area contributed by atoms with Crippen molar-refractivity contribution >= 4 is 11.0 Å². The maximum absolute atomic E-state index is 5.53. The fraction of sp³-hybridized carbons (Fsp3) is 0.222. The smallest absolute Gasteiger partial charge is 0.208 e. The van der Waals surface area contributed by atoms with Gasteiger partial charge in [0.05, 0.1) is 13.3 Å². The lowest BCUT2D eigenvalue weighted by Gasteiger charge is -2.02. The highest BCUT2D eigenvalue weighted by Gasteiger charge is 2.07. The second kappa shape index (κ2) is 3.06. The Morgan fingerprint density at radius 1 is 1.54 bits per heavy atom. The number of benzene rings is 1. The predicted octanol–water partition coefficient (Wildman–Crippen LogP) is 1.30. The summed E-state index contributed by atoms with van der Waals surface area (Å²) in [5.74, 6) is 0.676. The molecule has 0 fully saturated rings. The maximum atomic E-state index is 5.53. The summed E-state index contributed by atoms with van der Waals surface area (Å²) in [7, 11) is 1.59. The van der Waals surface area contributed by atoms with Crippen LogP contribution in [0.5, 0.6) is 5.75 Å². The first-order chi connectivity index (χ1) is 6.35. The monoisotopic (exact) mass is 178 g/mol. The van der Waals surface area contributed by atoms with Crippen LogP contribution in [0.15, 0.2) is 22.9 Å². The summed E-state index contributed by atoms with van der Waals surface area (Å²) in [6.07, 6.45) is 1.65. The SMILES string of the molecule is COc1cc(CN)cc2cnoc12. The van der Waals surface area contributed by atoms with Crippen LogP contribution < -0.4 is 10.5 Å². The molecule has 1 aromatic carbocycles. The quantitative estimate of drug-likeness (QED) is 0.752. The second-order valence-electron chi connectivity index (χ2n) is 2.75. The lowest BCUT2D eigenvalue weighted by molar-refractivity contribution is 0.392. The Morgan fingerprint density at radius 2 is 2.38 bits per heavy atom. The number of aromatic nitrogens is 1. The zero-order valence-electron chi connectivity index (χ0n) is 7.28. The molecule has 4 nitrogen and oxygen atoms in total. The molecule has 13 heavy (non-hydrogen) atoms. The first-order valence-corrected chi connectivity index (χ1v) is 3.96. The molecule has 2 rings (SSSR count). The molecule has 0 aliphatic rings. The van der Waals surface area contributed by atoms with Crippen LogP contribution in [0.3, 0.4) is 0 Å². The molecule has 2 aromatic rings. The highest BCUT2D eigenvalue weighted by molar-refractivity contribution is 5.82. The summed E-state index contributed by atoms with van der Waals surface area (Å²) in [5.41, 5.74) is 7.20. The molecule has 0 saturated heterocycles. The van der Waals surface area contributed by atoms with Gasteiger partial charge < -0.3 is 15.0 Å². The Morgan fingerprint density at radius 3 is 3.08 bits per heavy atom. The van der Waals surface area contributed by atoms with Crippen LogP contribution in [0.4, 0.5) is 0 Å². The highest BCUT2D eigenvalue weighted by Crippen LogP contribution is 2.26. The minimum atomic E-state index is 0.484. The third-order valence-electron chi connectivity index (χ3n) is 1.93. The van der Waals surface area contributed by atoms with E-state index in [-0.39, 0.29) is 0 Å². The molecule has 0 unspecified atom stereocenters. The van der Waals surface area contributed by atoms with Crippen molar-refractivity contribution in [3.8, 4) is 5.75 Å². The van der Waals surface area contributed by atoms with Crippen molar-refractivity contribution in [2.45, 2.75) is 6.54 Å². The van der Waals surface area contributed by atoms with E-state index >= 15 is 0 Å². The van der Waals surface area contributed by atoms with Crippen LogP contribution in [-0.4, -0.2) is 12.3 Å². The van der Waals surface area contributed by atoms with E-state index in [0.29, 0.717) is 17.9 Å². The van der Waals surface area contributed by atoms with Crippen LogP contribution in [0.1, 0.15) is 5.56 Å². The minimum absolute atomic E-state index is 0.484. The standard InChI is InChI=1S/C9H10N2O2/c1-12-8-3-6(4-10)2-7-5-11-13-9(7)8/h2-3,5H,4,10H2,1H3. The molecule has 0 bridgehead atoms. The molecule has 4 heteroatoms.